The summed E-state index contributed by atoms with van der Waals surface area (Å²) in [7, 11) is -3.41. The third kappa shape index (κ3) is 3.37. The Balaban J connectivity index is 1.98. The summed E-state index contributed by atoms with van der Waals surface area (Å²) in [5.41, 5.74) is 1.24. The molecule has 0 amide bonds. The zero-order valence-corrected chi connectivity index (χ0v) is 11.6. The van der Waals surface area contributed by atoms with Crippen LogP contribution in [0.5, 0.6) is 0 Å². The molecule has 0 spiro atoms. The highest BCUT2D eigenvalue weighted by Gasteiger charge is 2.15. The van der Waals surface area contributed by atoms with Gasteiger partial charge in [-0.3, -0.25) is 0 Å². The minimum atomic E-state index is -3.41. The largest absolute Gasteiger partial charge is 0.447 e. The first kappa shape index (κ1) is 13.2. The molecule has 18 heavy (non-hydrogen) atoms. The van der Waals surface area contributed by atoms with Crippen LogP contribution >= 0.6 is 11.3 Å². The second-order valence-corrected chi connectivity index (χ2v) is 6.67. The molecule has 0 aliphatic rings. The second-order valence-electron chi connectivity index (χ2n) is 3.80. The zero-order chi connectivity index (χ0) is 13.2. The van der Waals surface area contributed by atoms with Gasteiger partial charge in [0.05, 0.1) is 22.9 Å². The summed E-state index contributed by atoms with van der Waals surface area (Å²) in [4.78, 5) is 8.01. The standard InChI is InChI=1S/C10H13N3O3S2/c1-7-10(16-6-11-7)3-12-18(14,15)5-9-4-17-8(2)13-9/h4,6,12H,3,5H2,1-2H3. The molecular weight excluding hydrogens is 274 g/mol. The Bertz CT molecular complexity index is 630. The Morgan fingerprint density at radius 1 is 1.44 bits per heavy atom. The molecule has 2 aromatic rings. The lowest BCUT2D eigenvalue weighted by Gasteiger charge is -2.03. The fourth-order valence-electron chi connectivity index (χ4n) is 1.39. The molecule has 2 heterocycles. The van der Waals surface area contributed by atoms with E-state index in [9.17, 15) is 8.42 Å². The summed E-state index contributed by atoms with van der Waals surface area (Å²) in [6.07, 6.45) is 1.29. The number of oxazole rings is 1. The van der Waals surface area contributed by atoms with Crippen LogP contribution in [-0.2, 0) is 22.3 Å². The van der Waals surface area contributed by atoms with E-state index in [-0.39, 0.29) is 12.3 Å². The predicted molar refractivity (Wildman–Crippen MR) is 67.6 cm³/mol. The maximum absolute atomic E-state index is 11.8. The molecule has 2 rings (SSSR count). The van der Waals surface area contributed by atoms with E-state index in [4.69, 9.17) is 4.42 Å². The van der Waals surface area contributed by atoms with Crippen molar-refractivity contribution in [3.05, 3.63) is 33.9 Å². The van der Waals surface area contributed by atoms with Gasteiger partial charge in [0.1, 0.15) is 11.5 Å². The highest BCUT2D eigenvalue weighted by Crippen LogP contribution is 2.11. The molecule has 0 aliphatic heterocycles. The highest BCUT2D eigenvalue weighted by atomic mass is 32.2. The van der Waals surface area contributed by atoms with Crippen molar-refractivity contribution >= 4 is 21.4 Å². The first-order valence-corrected chi connectivity index (χ1v) is 7.77. The maximum Gasteiger partial charge on any atom is 0.217 e. The third-order valence-corrected chi connectivity index (χ3v) is 4.38. The molecule has 0 radical (unpaired) electrons. The number of hydrogen-bond acceptors (Lipinski definition) is 6. The molecule has 0 atom stereocenters. The number of rotatable bonds is 5. The topological polar surface area (TPSA) is 85.1 Å². The van der Waals surface area contributed by atoms with Crippen molar-refractivity contribution in [3.8, 4) is 0 Å². The van der Waals surface area contributed by atoms with Crippen LogP contribution in [-0.4, -0.2) is 18.4 Å². The lowest BCUT2D eigenvalue weighted by atomic mass is 10.4. The van der Waals surface area contributed by atoms with Crippen LogP contribution in [0.15, 0.2) is 16.2 Å². The average molecular weight is 287 g/mol. The molecule has 2 aromatic heterocycles. The van der Waals surface area contributed by atoms with Crippen LogP contribution in [0.25, 0.3) is 0 Å². The van der Waals surface area contributed by atoms with Crippen molar-refractivity contribution in [2.75, 3.05) is 0 Å². The molecular formula is C10H13N3O3S2. The van der Waals surface area contributed by atoms with Crippen molar-refractivity contribution in [1.29, 1.82) is 0 Å². The quantitative estimate of drug-likeness (QED) is 0.897. The van der Waals surface area contributed by atoms with Gasteiger partial charge in [-0.2, -0.15) is 0 Å². The molecule has 0 aromatic carbocycles. The summed E-state index contributed by atoms with van der Waals surface area (Å²) >= 11 is 1.43. The molecule has 0 saturated heterocycles. The third-order valence-electron chi connectivity index (χ3n) is 2.30. The van der Waals surface area contributed by atoms with E-state index in [0.717, 1.165) is 5.01 Å². The van der Waals surface area contributed by atoms with Gasteiger partial charge in [-0.25, -0.2) is 23.1 Å². The maximum atomic E-state index is 11.8. The van der Waals surface area contributed by atoms with Crippen LogP contribution < -0.4 is 4.72 Å². The Kier molecular flexibility index (Phi) is 3.79. The van der Waals surface area contributed by atoms with E-state index in [1.165, 1.54) is 17.7 Å². The number of nitrogens with zero attached hydrogens (tertiary/aromatic N) is 2. The molecule has 0 fully saturated rings. The number of aryl methyl sites for hydroxylation is 2. The molecule has 0 saturated carbocycles. The van der Waals surface area contributed by atoms with Crippen molar-refractivity contribution < 1.29 is 12.8 Å². The van der Waals surface area contributed by atoms with Gasteiger partial charge in [0.2, 0.25) is 10.0 Å². The minimum absolute atomic E-state index is 0.108. The fourth-order valence-corrected chi connectivity index (χ4v) is 3.10. The fraction of sp³-hybridized carbons (Fsp3) is 0.400. The number of nitrogens with one attached hydrogen (secondary N) is 1. The molecule has 1 N–H and O–H groups in total. The Hall–Kier alpha value is -1.25. The van der Waals surface area contributed by atoms with Gasteiger partial charge in [-0.1, -0.05) is 0 Å². The van der Waals surface area contributed by atoms with Crippen molar-refractivity contribution in [2.45, 2.75) is 26.1 Å². The smallest absolute Gasteiger partial charge is 0.217 e. The minimum Gasteiger partial charge on any atom is -0.447 e. The number of thiazole rings is 1. The van der Waals surface area contributed by atoms with Gasteiger partial charge >= 0.3 is 0 Å². The highest BCUT2D eigenvalue weighted by molar-refractivity contribution is 7.88. The van der Waals surface area contributed by atoms with Crippen molar-refractivity contribution in [1.82, 2.24) is 14.7 Å². The SMILES string of the molecule is Cc1nc(CS(=O)(=O)NCc2ocnc2C)cs1. The van der Waals surface area contributed by atoms with Gasteiger partial charge < -0.3 is 4.42 Å². The summed E-state index contributed by atoms with van der Waals surface area (Å²) in [5, 5.41) is 2.60. The van der Waals surface area contributed by atoms with Crippen LogP contribution in [0.4, 0.5) is 0 Å². The summed E-state index contributed by atoms with van der Waals surface area (Å²) in [6.45, 7) is 3.71. The zero-order valence-electron chi connectivity index (χ0n) is 10.0. The lowest BCUT2D eigenvalue weighted by Crippen LogP contribution is -2.25. The average Bonchev–Trinajstić information content (AvgIpc) is 2.85. The molecule has 98 valence electrons. The van der Waals surface area contributed by atoms with Gasteiger partial charge in [-0.05, 0) is 13.8 Å². The summed E-state index contributed by atoms with van der Waals surface area (Å²) in [5.74, 6) is 0.401. The lowest BCUT2D eigenvalue weighted by molar-refractivity contribution is 0.492. The molecule has 0 unspecified atom stereocenters. The monoisotopic (exact) mass is 287 g/mol. The number of hydrogen-bond donors (Lipinski definition) is 1. The van der Waals surface area contributed by atoms with E-state index in [0.29, 0.717) is 17.1 Å². The Morgan fingerprint density at radius 3 is 2.78 bits per heavy atom. The number of aromatic nitrogens is 2. The van der Waals surface area contributed by atoms with E-state index >= 15 is 0 Å². The molecule has 6 nitrogen and oxygen atoms in total. The molecule has 8 heteroatoms. The van der Waals surface area contributed by atoms with Gasteiger partial charge in [0.25, 0.3) is 0 Å². The number of sulfonamides is 1. The van der Waals surface area contributed by atoms with Gasteiger partial charge in [0, 0.05) is 5.38 Å². The van der Waals surface area contributed by atoms with Crippen molar-refractivity contribution in [3.63, 3.8) is 0 Å². The van der Waals surface area contributed by atoms with Crippen molar-refractivity contribution in [2.24, 2.45) is 0 Å². The van der Waals surface area contributed by atoms with Gasteiger partial charge in [-0.15, -0.1) is 11.3 Å². The molecule has 0 bridgehead atoms. The van der Waals surface area contributed by atoms with E-state index in [1.807, 2.05) is 6.92 Å². The van der Waals surface area contributed by atoms with Crippen LogP contribution in [0.2, 0.25) is 0 Å². The van der Waals surface area contributed by atoms with Crippen LogP contribution in [0.1, 0.15) is 22.2 Å². The Morgan fingerprint density at radius 2 is 2.22 bits per heavy atom. The normalized spacial score (nSPS) is 11.9. The van der Waals surface area contributed by atoms with E-state index in [2.05, 4.69) is 14.7 Å². The summed E-state index contributed by atoms with van der Waals surface area (Å²) < 4.78 is 31.1. The molecule has 0 aliphatic carbocycles. The second kappa shape index (κ2) is 5.17. The first-order valence-electron chi connectivity index (χ1n) is 5.23. The Labute approximate surface area is 109 Å². The first-order chi connectivity index (χ1) is 8.46. The van der Waals surface area contributed by atoms with E-state index < -0.39 is 10.0 Å². The summed E-state index contributed by atoms with van der Waals surface area (Å²) in [6, 6.07) is 0. The van der Waals surface area contributed by atoms with E-state index in [1.54, 1.807) is 12.3 Å². The van der Waals surface area contributed by atoms with Crippen LogP contribution in [0.3, 0.4) is 0 Å². The van der Waals surface area contributed by atoms with Gasteiger partial charge in [0.15, 0.2) is 6.39 Å². The predicted octanol–water partition coefficient (Wildman–Crippen LogP) is 1.37. The van der Waals surface area contributed by atoms with Crippen LogP contribution in [0, 0.1) is 13.8 Å².